The Labute approximate surface area is 110 Å². The number of hydrogen-bond donors (Lipinski definition) is 1. The number of hydrogen-bond acceptors (Lipinski definition) is 3. The molecular weight excluding hydrogens is 224 g/mol. The minimum atomic E-state index is 0.311. The van der Waals surface area contributed by atoms with Crippen molar-refractivity contribution < 1.29 is 0 Å². The molecule has 0 spiro atoms. The normalized spacial score (nSPS) is 17.7. The van der Waals surface area contributed by atoms with Gasteiger partial charge in [-0.3, -0.25) is 0 Å². The number of unbranched alkanes of at least 4 members (excludes halogenated alkanes) is 1. The minimum Gasteiger partial charge on any atom is -0.314 e. The van der Waals surface area contributed by atoms with Gasteiger partial charge < -0.3 is 9.88 Å². The number of aryl methyl sites for hydroxylation is 1. The quantitative estimate of drug-likeness (QED) is 0.809. The highest BCUT2D eigenvalue weighted by molar-refractivity contribution is 5.04. The number of nitrogens with zero attached hydrogens (tertiary/aromatic N) is 3. The van der Waals surface area contributed by atoms with Gasteiger partial charge in [0, 0.05) is 19.0 Å². The minimum absolute atomic E-state index is 0.311. The molecule has 2 atom stereocenters. The Morgan fingerprint density at radius 3 is 2.89 bits per heavy atom. The van der Waals surface area contributed by atoms with E-state index >= 15 is 0 Å². The Hall–Kier alpha value is -0.900. The van der Waals surface area contributed by atoms with E-state index in [-0.39, 0.29) is 0 Å². The molecule has 18 heavy (non-hydrogen) atoms. The van der Waals surface area contributed by atoms with Gasteiger partial charge in [0.25, 0.3) is 0 Å². The van der Waals surface area contributed by atoms with Gasteiger partial charge in [-0.25, -0.2) is 0 Å². The second kappa shape index (κ2) is 6.32. The fourth-order valence-corrected chi connectivity index (χ4v) is 2.78. The van der Waals surface area contributed by atoms with Crippen molar-refractivity contribution in [2.24, 2.45) is 0 Å². The summed E-state index contributed by atoms with van der Waals surface area (Å²) in [5.74, 6) is 2.29. The Kier molecular flexibility index (Phi) is 4.75. The molecule has 1 aromatic rings. The lowest BCUT2D eigenvalue weighted by Crippen LogP contribution is -2.32. The molecule has 1 N–H and O–H groups in total. The molecule has 1 aliphatic rings. The van der Waals surface area contributed by atoms with Gasteiger partial charge in [0.15, 0.2) is 0 Å². The molecule has 2 unspecified atom stereocenters. The molecule has 0 radical (unpaired) electrons. The van der Waals surface area contributed by atoms with Crippen LogP contribution < -0.4 is 5.32 Å². The summed E-state index contributed by atoms with van der Waals surface area (Å²) in [6.07, 6.45) is 7.33. The topological polar surface area (TPSA) is 42.7 Å². The van der Waals surface area contributed by atoms with Gasteiger partial charge in [-0.05, 0) is 26.2 Å². The van der Waals surface area contributed by atoms with Crippen molar-refractivity contribution in [3.63, 3.8) is 0 Å². The zero-order chi connectivity index (χ0) is 13.0. The van der Waals surface area contributed by atoms with Crippen LogP contribution in [0.15, 0.2) is 0 Å². The molecule has 0 saturated carbocycles. The second-order valence-electron chi connectivity index (χ2n) is 5.37. The summed E-state index contributed by atoms with van der Waals surface area (Å²) in [5, 5.41) is 12.4. The summed E-state index contributed by atoms with van der Waals surface area (Å²) in [6.45, 7) is 7.81. The highest BCUT2D eigenvalue weighted by Gasteiger charge is 2.22. The van der Waals surface area contributed by atoms with Crippen LogP contribution in [-0.2, 0) is 13.0 Å². The first-order valence-corrected chi connectivity index (χ1v) is 7.44. The fraction of sp³-hybridized carbons (Fsp3) is 0.857. The Balaban J connectivity index is 1.95. The van der Waals surface area contributed by atoms with Gasteiger partial charge >= 0.3 is 0 Å². The number of nitrogens with one attached hydrogen (secondary N) is 1. The molecule has 0 aliphatic carbocycles. The molecule has 1 aliphatic heterocycles. The molecule has 0 amide bonds. The molecule has 0 bridgehead atoms. The van der Waals surface area contributed by atoms with Gasteiger partial charge in [0.2, 0.25) is 0 Å². The van der Waals surface area contributed by atoms with Gasteiger partial charge in [-0.2, -0.15) is 0 Å². The molecule has 2 heterocycles. The highest BCUT2D eigenvalue weighted by Crippen LogP contribution is 2.20. The Bertz CT molecular complexity index is 372. The van der Waals surface area contributed by atoms with E-state index in [4.69, 9.17) is 0 Å². The largest absolute Gasteiger partial charge is 0.314 e. The molecule has 4 heteroatoms. The van der Waals surface area contributed by atoms with Crippen LogP contribution in [0.2, 0.25) is 0 Å². The van der Waals surface area contributed by atoms with Crippen molar-refractivity contribution in [1.82, 2.24) is 20.1 Å². The zero-order valence-electron chi connectivity index (χ0n) is 11.9. The number of rotatable bonds is 7. The number of fused-ring (bicyclic) bond motifs is 1. The Morgan fingerprint density at radius 1 is 1.33 bits per heavy atom. The van der Waals surface area contributed by atoms with Gasteiger partial charge in [-0.15, -0.1) is 10.2 Å². The van der Waals surface area contributed by atoms with E-state index in [1.807, 2.05) is 0 Å². The van der Waals surface area contributed by atoms with Crippen LogP contribution in [-0.4, -0.2) is 20.8 Å². The van der Waals surface area contributed by atoms with Gasteiger partial charge in [-0.1, -0.05) is 26.7 Å². The van der Waals surface area contributed by atoms with Crippen molar-refractivity contribution in [1.29, 1.82) is 0 Å². The van der Waals surface area contributed by atoms with E-state index in [1.54, 1.807) is 0 Å². The second-order valence-corrected chi connectivity index (χ2v) is 5.37. The van der Waals surface area contributed by atoms with Crippen LogP contribution in [0.3, 0.4) is 0 Å². The smallest absolute Gasteiger partial charge is 0.149 e. The van der Waals surface area contributed by atoms with Crippen LogP contribution in [0.4, 0.5) is 0 Å². The molecule has 0 fully saturated rings. The lowest BCUT2D eigenvalue weighted by atomic mass is 10.1. The van der Waals surface area contributed by atoms with Crippen molar-refractivity contribution >= 4 is 0 Å². The van der Waals surface area contributed by atoms with E-state index in [0.29, 0.717) is 12.1 Å². The highest BCUT2D eigenvalue weighted by atomic mass is 15.3. The van der Waals surface area contributed by atoms with Gasteiger partial charge in [0.1, 0.15) is 11.6 Å². The molecule has 0 aromatic carbocycles. The summed E-state index contributed by atoms with van der Waals surface area (Å²) in [6, 6.07) is 0.917. The summed E-state index contributed by atoms with van der Waals surface area (Å²) in [4.78, 5) is 0. The first-order valence-electron chi connectivity index (χ1n) is 7.44. The van der Waals surface area contributed by atoms with E-state index in [9.17, 15) is 0 Å². The first-order chi connectivity index (χ1) is 8.76. The van der Waals surface area contributed by atoms with E-state index in [2.05, 4.69) is 40.9 Å². The maximum atomic E-state index is 4.36. The van der Waals surface area contributed by atoms with Crippen molar-refractivity contribution in [3.8, 4) is 0 Å². The molecule has 4 nitrogen and oxygen atoms in total. The third-order valence-corrected chi connectivity index (χ3v) is 3.91. The summed E-state index contributed by atoms with van der Waals surface area (Å²) in [5.41, 5.74) is 0. The Morgan fingerprint density at radius 2 is 2.17 bits per heavy atom. The lowest BCUT2D eigenvalue weighted by molar-refractivity contribution is 0.393. The maximum absolute atomic E-state index is 4.36. The van der Waals surface area contributed by atoms with Crippen LogP contribution in [0, 0.1) is 0 Å². The van der Waals surface area contributed by atoms with Crippen molar-refractivity contribution in [2.75, 3.05) is 0 Å². The maximum Gasteiger partial charge on any atom is 0.149 e. The van der Waals surface area contributed by atoms with Crippen LogP contribution in [0.5, 0.6) is 0 Å². The third-order valence-electron chi connectivity index (χ3n) is 3.91. The molecular formula is C14H26N4. The fourth-order valence-electron chi connectivity index (χ4n) is 2.78. The summed E-state index contributed by atoms with van der Waals surface area (Å²) >= 11 is 0. The standard InChI is InChI=1S/C14H26N4/c1-4-6-8-12(5-2)15-11(3)14-17-16-13-9-7-10-18(13)14/h11-12,15H,4-10H2,1-3H3. The average Bonchev–Trinajstić information content (AvgIpc) is 2.96. The van der Waals surface area contributed by atoms with Crippen molar-refractivity contribution in [2.45, 2.75) is 77.9 Å². The number of aromatic nitrogens is 3. The zero-order valence-corrected chi connectivity index (χ0v) is 11.9. The predicted molar refractivity (Wildman–Crippen MR) is 73.5 cm³/mol. The average molecular weight is 250 g/mol. The molecule has 102 valence electrons. The van der Waals surface area contributed by atoms with E-state index in [1.165, 1.54) is 37.9 Å². The predicted octanol–water partition coefficient (Wildman–Crippen LogP) is 2.84. The van der Waals surface area contributed by atoms with Crippen LogP contribution in [0.25, 0.3) is 0 Å². The summed E-state index contributed by atoms with van der Waals surface area (Å²) in [7, 11) is 0. The van der Waals surface area contributed by atoms with Crippen molar-refractivity contribution in [3.05, 3.63) is 11.6 Å². The van der Waals surface area contributed by atoms with E-state index in [0.717, 1.165) is 18.8 Å². The van der Waals surface area contributed by atoms with Crippen LogP contribution in [0.1, 0.15) is 70.6 Å². The first kappa shape index (κ1) is 13.5. The monoisotopic (exact) mass is 250 g/mol. The van der Waals surface area contributed by atoms with Gasteiger partial charge in [0.05, 0.1) is 6.04 Å². The SMILES string of the molecule is CCCCC(CC)NC(C)c1nnc2n1CCC2. The van der Waals surface area contributed by atoms with Crippen LogP contribution >= 0.6 is 0 Å². The molecule has 1 aromatic heterocycles. The third kappa shape index (κ3) is 2.91. The van der Waals surface area contributed by atoms with E-state index < -0.39 is 0 Å². The summed E-state index contributed by atoms with van der Waals surface area (Å²) < 4.78 is 2.30. The molecule has 2 rings (SSSR count). The molecule has 0 saturated heterocycles. The lowest BCUT2D eigenvalue weighted by Gasteiger charge is -2.21.